The number of benzene rings is 1. The predicted octanol–water partition coefficient (Wildman–Crippen LogP) is 2.50. The van der Waals surface area contributed by atoms with Crippen LogP contribution in [0.4, 0.5) is 5.82 Å². The average Bonchev–Trinajstić information content (AvgIpc) is 3.12. The molecule has 1 aromatic carbocycles. The molecule has 0 amide bonds. The number of nitrogens with zero attached hydrogens (tertiary/aromatic N) is 6. The summed E-state index contributed by atoms with van der Waals surface area (Å²) >= 11 is 0. The van der Waals surface area contributed by atoms with Gasteiger partial charge in [0, 0.05) is 37.9 Å². The molecule has 0 saturated carbocycles. The van der Waals surface area contributed by atoms with Crippen molar-refractivity contribution in [1.82, 2.24) is 24.1 Å². The van der Waals surface area contributed by atoms with Gasteiger partial charge in [-0.3, -0.25) is 0 Å². The molecule has 3 aromatic rings. The van der Waals surface area contributed by atoms with Crippen LogP contribution in [0.2, 0.25) is 0 Å². The van der Waals surface area contributed by atoms with E-state index in [4.69, 9.17) is 4.74 Å². The van der Waals surface area contributed by atoms with Gasteiger partial charge >= 0.3 is 0 Å². The molecule has 0 spiro atoms. The minimum absolute atomic E-state index is 0.277. The molecule has 0 N–H and O–H groups in total. The number of hydrogen-bond acceptors (Lipinski definition) is 7. The smallest absolute Gasteiger partial charge is 0.243 e. The number of sulfonamides is 1. The standard InChI is InChI=1S/C22H28N6O3S/c1-5-31-19-6-8-20(9-7-19)32(29,30)27-12-10-26(11-13-27)21-15-22(24-18(4)23-21)28-17(3)14-16(2)25-28/h6-9,14-15H,5,10-13H2,1-4H3. The molecule has 4 rings (SSSR count). The van der Waals surface area contributed by atoms with E-state index in [9.17, 15) is 8.42 Å². The second-order valence-electron chi connectivity index (χ2n) is 7.77. The van der Waals surface area contributed by atoms with E-state index in [2.05, 4.69) is 20.0 Å². The lowest BCUT2D eigenvalue weighted by Crippen LogP contribution is -2.49. The molecule has 1 aliphatic rings. The first kappa shape index (κ1) is 22.2. The molecule has 2 aromatic heterocycles. The highest BCUT2D eigenvalue weighted by atomic mass is 32.2. The van der Waals surface area contributed by atoms with Crippen molar-refractivity contribution in [3.63, 3.8) is 0 Å². The minimum atomic E-state index is -3.56. The summed E-state index contributed by atoms with van der Waals surface area (Å²) in [6, 6.07) is 10.5. The van der Waals surface area contributed by atoms with Gasteiger partial charge in [-0.05, 0) is 58.0 Å². The lowest BCUT2D eigenvalue weighted by atomic mass is 10.3. The summed E-state index contributed by atoms with van der Waals surface area (Å²) in [4.78, 5) is 11.5. The molecule has 10 heteroatoms. The van der Waals surface area contributed by atoms with Gasteiger partial charge < -0.3 is 9.64 Å². The zero-order valence-corrected chi connectivity index (χ0v) is 19.6. The summed E-state index contributed by atoms with van der Waals surface area (Å²) in [6.45, 7) is 10.1. The maximum atomic E-state index is 13.1. The molecule has 0 atom stereocenters. The molecule has 0 unspecified atom stereocenters. The highest BCUT2D eigenvalue weighted by molar-refractivity contribution is 7.89. The largest absolute Gasteiger partial charge is 0.494 e. The number of piperazine rings is 1. The first-order valence-electron chi connectivity index (χ1n) is 10.6. The van der Waals surface area contributed by atoms with E-state index < -0.39 is 10.0 Å². The molecule has 3 heterocycles. The summed E-state index contributed by atoms with van der Waals surface area (Å²) in [7, 11) is -3.56. The third-order valence-corrected chi connectivity index (χ3v) is 7.29. The average molecular weight is 457 g/mol. The van der Waals surface area contributed by atoms with Crippen LogP contribution in [0.1, 0.15) is 24.1 Å². The highest BCUT2D eigenvalue weighted by Gasteiger charge is 2.29. The topological polar surface area (TPSA) is 93.5 Å². The molecule has 170 valence electrons. The van der Waals surface area contributed by atoms with Crippen LogP contribution in [-0.2, 0) is 10.0 Å². The molecular formula is C22H28N6O3S. The van der Waals surface area contributed by atoms with Gasteiger partial charge in [0.25, 0.3) is 0 Å². The maximum absolute atomic E-state index is 13.1. The number of anilines is 1. The summed E-state index contributed by atoms with van der Waals surface area (Å²) in [6.07, 6.45) is 0. The SMILES string of the molecule is CCOc1ccc(S(=O)(=O)N2CCN(c3cc(-n4nc(C)cc4C)nc(C)n3)CC2)cc1. The Morgan fingerprint density at radius 3 is 2.19 bits per heavy atom. The van der Waals surface area contributed by atoms with Crippen LogP contribution < -0.4 is 9.64 Å². The predicted molar refractivity (Wildman–Crippen MR) is 122 cm³/mol. The van der Waals surface area contributed by atoms with Gasteiger partial charge in [0.1, 0.15) is 17.4 Å². The van der Waals surface area contributed by atoms with Crippen LogP contribution in [0.25, 0.3) is 5.82 Å². The molecule has 32 heavy (non-hydrogen) atoms. The molecular weight excluding hydrogens is 428 g/mol. The van der Waals surface area contributed by atoms with Gasteiger partial charge in [-0.2, -0.15) is 9.40 Å². The summed E-state index contributed by atoms with van der Waals surface area (Å²) in [5.74, 6) is 2.80. The summed E-state index contributed by atoms with van der Waals surface area (Å²) in [5, 5.41) is 4.51. The molecule has 9 nitrogen and oxygen atoms in total. The zero-order chi connectivity index (χ0) is 22.9. The minimum Gasteiger partial charge on any atom is -0.494 e. The maximum Gasteiger partial charge on any atom is 0.243 e. The van der Waals surface area contributed by atoms with Gasteiger partial charge in [0.15, 0.2) is 5.82 Å². The van der Waals surface area contributed by atoms with E-state index >= 15 is 0 Å². The van der Waals surface area contributed by atoms with Crippen molar-refractivity contribution < 1.29 is 13.2 Å². The Bertz CT molecular complexity index is 1200. The molecule has 0 aliphatic carbocycles. The van der Waals surface area contributed by atoms with Crippen LogP contribution in [0, 0.1) is 20.8 Å². The number of aromatic nitrogens is 4. The van der Waals surface area contributed by atoms with Crippen molar-refractivity contribution in [3.05, 3.63) is 53.6 Å². The van der Waals surface area contributed by atoms with Crippen LogP contribution in [-0.4, -0.2) is 65.3 Å². The highest BCUT2D eigenvalue weighted by Crippen LogP contribution is 2.23. The monoisotopic (exact) mass is 456 g/mol. The molecule has 1 fully saturated rings. The van der Waals surface area contributed by atoms with Crippen molar-refractivity contribution in [2.24, 2.45) is 0 Å². The fraction of sp³-hybridized carbons (Fsp3) is 0.409. The quantitative estimate of drug-likeness (QED) is 0.563. The number of ether oxygens (including phenoxy) is 1. The summed E-state index contributed by atoms with van der Waals surface area (Å²) in [5.41, 5.74) is 1.92. The lowest BCUT2D eigenvalue weighted by Gasteiger charge is -2.34. The first-order valence-corrected chi connectivity index (χ1v) is 12.1. The van der Waals surface area contributed by atoms with Crippen LogP contribution in [0.3, 0.4) is 0 Å². The van der Waals surface area contributed by atoms with Gasteiger partial charge in [0.2, 0.25) is 10.0 Å². The molecule has 1 saturated heterocycles. The third kappa shape index (κ3) is 4.46. The molecule has 0 bridgehead atoms. The zero-order valence-electron chi connectivity index (χ0n) is 18.8. The molecule has 0 radical (unpaired) electrons. The number of rotatable bonds is 6. The van der Waals surface area contributed by atoms with E-state index in [1.807, 2.05) is 39.8 Å². The van der Waals surface area contributed by atoms with E-state index in [1.165, 1.54) is 4.31 Å². The summed E-state index contributed by atoms with van der Waals surface area (Å²) < 4.78 is 34.9. The second-order valence-corrected chi connectivity index (χ2v) is 9.70. The Labute approximate surface area is 188 Å². The van der Waals surface area contributed by atoms with Gasteiger partial charge in [-0.1, -0.05) is 0 Å². The molecule has 1 aliphatic heterocycles. The van der Waals surface area contributed by atoms with Crippen molar-refractivity contribution >= 4 is 15.8 Å². The van der Waals surface area contributed by atoms with Crippen molar-refractivity contribution in [2.45, 2.75) is 32.6 Å². The van der Waals surface area contributed by atoms with Crippen LogP contribution in [0.5, 0.6) is 5.75 Å². The number of aryl methyl sites for hydroxylation is 3. The Hall–Kier alpha value is -2.98. The number of hydrogen-bond donors (Lipinski definition) is 0. The van der Waals surface area contributed by atoms with Crippen LogP contribution >= 0.6 is 0 Å². The Morgan fingerprint density at radius 1 is 0.938 bits per heavy atom. The van der Waals surface area contributed by atoms with Crippen molar-refractivity contribution in [2.75, 3.05) is 37.7 Å². The van der Waals surface area contributed by atoms with Crippen molar-refractivity contribution in [1.29, 1.82) is 0 Å². The second kappa shape index (κ2) is 8.87. The van der Waals surface area contributed by atoms with E-state index in [1.54, 1.807) is 28.9 Å². The fourth-order valence-electron chi connectivity index (χ4n) is 3.85. The Balaban J connectivity index is 1.49. The van der Waals surface area contributed by atoms with E-state index in [0.29, 0.717) is 50.2 Å². The van der Waals surface area contributed by atoms with E-state index in [-0.39, 0.29) is 4.90 Å². The van der Waals surface area contributed by atoms with Gasteiger partial charge in [0.05, 0.1) is 17.2 Å². The normalized spacial score (nSPS) is 15.2. The van der Waals surface area contributed by atoms with Gasteiger partial charge in [-0.15, -0.1) is 0 Å². The lowest BCUT2D eigenvalue weighted by molar-refractivity contribution is 0.340. The Kier molecular flexibility index (Phi) is 6.16. The van der Waals surface area contributed by atoms with E-state index in [0.717, 1.165) is 17.2 Å². The van der Waals surface area contributed by atoms with Crippen molar-refractivity contribution in [3.8, 4) is 11.6 Å². The third-order valence-electron chi connectivity index (χ3n) is 5.37. The first-order chi connectivity index (χ1) is 15.3. The van der Waals surface area contributed by atoms with Crippen LogP contribution in [0.15, 0.2) is 41.3 Å². The fourth-order valence-corrected chi connectivity index (χ4v) is 5.27. The Morgan fingerprint density at radius 2 is 1.59 bits per heavy atom. The van der Waals surface area contributed by atoms with Gasteiger partial charge in [-0.25, -0.2) is 23.1 Å².